The maximum atomic E-state index is 12.6. The van der Waals surface area contributed by atoms with Gasteiger partial charge in [-0.25, -0.2) is 8.42 Å². The van der Waals surface area contributed by atoms with Crippen LogP contribution in [-0.2, 0) is 14.8 Å². The third-order valence-corrected chi connectivity index (χ3v) is 5.92. The van der Waals surface area contributed by atoms with E-state index in [-0.39, 0.29) is 15.8 Å². The molecule has 1 saturated heterocycles. The Hall–Kier alpha value is -0.820. The van der Waals surface area contributed by atoms with E-state index in [0.29, 0.717) is 25.4 Å². The Morgan fingerprint density at radius 2 is 2.20 bits per heavy atom. The topological polar surface area (TPSA) is 72.6 Å². The number of nitrogen functional groups attached to an aromatic ring is 1. The smallest absolute Gasteiger partial charge is 0.244 e. The van der Waals surface area contributed by atoms with Gasteiger partial charge in [-0.1, -0.05) is 11.6 Å². The molecule has 1 heterocycles. The number of aryl methyl sites for hydroxylation is 1. The van der Waals surface area contributed by atoms with Gasteiger partial charge in [0.15, 0.2) is 0 Å². The van der Waals surface area contributed by atoms with Gasteiger partial charge in [0.05, 0.1) is 11.6 Å². The quantitative estimate of drug-likeness (QED) is 0.860. The van der Waals surface area contributed by atoms with Crippen molar-refractivity contribution in [2.45, 2.75) is 18.2 Å². The van der Waals surface area contributed by atoms with Crippen LogP contribution in [0.15, 0.2) is 17.0 Å². The standard InChI is InChI=1S/C13H19ClN2O3S/c1-9-5-11(14)13(6-12(9)15)20(17,18)16-4-3-10(7-16)8-19-2/h5-6,10H,3-4,7-8,15H2,1-2H3. The number of nitrogens with zero attached hydrogens (tertiary/aromatic N) is 1. The maximum absolute atomic E-state index is 12.6. The minimum absolute atomic E-state index is 0.0836. The van der Waals surface area contributed by atoms with E-state index in [4.69, 9.17) is 22.1 Å². The Balaban J connectivity index is 2.30. The highest BCUT2D eigenvalue weighted by atomic mass is 35.5. The van der Waals surface area contributed by atoms with Crippen LogP contribution in [0.3, 0.4) is 0 Å². The van der Waals surface area contributed by atoms with Gasteiger partial charge in [-0.3, -0.25) is 0 Å². The van der Waals surface area contributed by atoms with Crippen molar-refractivity contribution >= 4 is 27.3 Å². The van der Waals surface area contributed by atoms with Crippen LogP contribution in [0, 0.1) is 12.8 Å². The first kappa shape index (κ1) is 15.6. The summed E-state index contributed by atoms with van der Waals surface area (Å²) in [5.41, 5.74) is 7.00. The number of hydrogen-bond donors (Lipinski definition) is 1. The lowest BCUT2D eigenvalue weighted by molar-refractivity contribution is 0.157. The van der Waals surface area contributed by atoms with E-state index in [1.807, 2.05) is 0 Å². The van der Waals surface area contributed by atoms with E-state index in [2.05, 4.69) is 0 Å². The maximum Gasteiger partial charge on any atom is 0.244 e. The zero-order valence-electron chi connectivity index (χ0n) is 11.6. The molecule has 1 aliphatic rings. The fourth-order valence-corrected chi connectivity index (χ4v) is 4.52. The number of benzene rings is 1. The van der Waals surface area contributed by atoms with Crippen LogP contribution in [-0.4, -0.2) is 39.5 Å². The fraction of sp³-hybridized carbons (Fsp3) is 0.538. The average Bonchev–Trinajstić information content (AvgIpc) is 2.83. The minimum Gasteiger partial charge on any atom is -0.398 e. The highest BCUT2D eigenvalue weighted by Crippen LogP contribution is 2.31. The number of rotatable bonds is 4. The van der Waals surface area contributed by atoms with Crippen LogP contribution >= 0.6 is 11.6 Å². The molecule has 7 heteroatoms. The van der Waals surface area contributed by atoms with Crippen molar-refractivity contribution < 1.29 is 13.2 Å². The Labute approximate surface area is 124 Å². The molecule has 2 rings (SSSR count). The summed E-state index contributed by atoms with van der Waals surface area (Å²) in [6.07, 6.45) is 0.798. The monoisotopic (exact) mass is 318 g/mol. The van der Waals surface area contributed by atoms with Gasteiger partial charge in [0.2, 0.25) is 10.0 Å². The van der Waals surface area contributed by atoms with Crippen LogP contribution in [0.2, 0.25) is 5.02 Å². The molecule has 1 aromatic rings. The second-order valence-corrected chi connectivity index (χ2v) is 7.43. The van der Waals surface area contributed by atoms with Crippen molar-refractivity contribution in [1.82, 2.24) is 4.31 Å². The second-order valence-electron chi connectivity index (χ2n) is 5.11. The normalized spacial score (nSPS) is 20.4. The SMILES string of the molecule is COCC1CCN(S(=O)(=O)c2cc(N)c(C)cc2Cl)C1. The van der Waals surface area contributed by atoms with Crippen LogP contribution in [0.5, 0.6) is 0 Å². The van der Waals surface area contributed by atoms with E-state index in [9.17, 15) is 8.42 Å². The van der Waals surface area contributed by atoms with Gasteiger partial charge in [0.25, 0.3) is 0 Å². The number of nitrogens with two attached hydrogens (primary N) is 1. The lowest BCUT2D eigenvalue weighted by atomic mass is 10.1. The zero-order chi connectivity index (χ0) is 14.9. The van der Waals surface area contributed by atoms with Crippen LogP contribution in [0.1, 0.15) is 12.0 Å². The van der Waals surface area contributed by atoms with Gasteiger partial charge in [-0.2, -0.15) is 4.31 Å². The predicted octanol–water partition coefficient (Wildman–Crippen LogP) is 1.89. The van der Waals surface area contributed by atoms with Crippen molar-refractivity contribution in [1.29, 1.82) is 0 Å². The lowest BCUT2D eigenvalue weighted by Crippen LogP contribution is -2.29. The molecule has 1 fully saturated rings. The summed E-state index contributed by atoms with van der Waals surface area (Å²) in [6.45, 7) is 3.30. The highest BCUT2D eigenvalue weighted by Gasteiger charge is 2.33. The lowest BCUT2D eigenvalue weighted by Gasteiger charge is -2.18. The third kappa shape index (κ3) is 2.93. The Morgan fingerprint density at radius 1 is 1.50 bits per heavy atom. The van der Waals surface area contributed by atoms with Crippen molar-refractivity contribution in [2.24, 2.45) is 5.92 Å². The second kappa shape index (κ2) is 5.89. The van der Waals surface area contributed by atoms with Crippen LogP contribution < -0.4 is 5.73 Å². The summed E-state index contributed by atoms with van der Waals surface area (Å²) in [4.78, 5) is 0.0836. The molecule has 1 aliphatic heterocycles. The first-order valence-electron chi connectivity index (χ1n) is 6.41. The van der Waals surface area contributed by atoms with Gasteiger partial charge in [0.1, 0.15) is 4.90 Å². The molecular weight excluding hydrogens is 300 g/mol. The van der Waals surface area contributed by atoms with Crippen molar-refractivity contribution in [3.8, 4) is 0 Å². The van der Waals surface area contributed by atoms with E-state index in [1.54, 1.807) is 20.1 Å². The number of halogens is 1. The first-order valence-corrected chi connectivity index (χ1v) is 8.22. The van der Waals surface area contributed by atoms with E-state index in [0.717, 1.165) is 12.0 Å². The van der Waals surface area contributed by atoms with E-state index in [1.165, 1.54) is 10.4 Å². The van der Waals surface area contributed by atoms with Gasteiger partial charge >= 0.3 is 0 Å². The molecule has 20 heavy (non-hydrogen) atoms. The molecule has 0 saturated carbocycles. The fourth-order valence-electron chi connectivity index (χ4n) is 2.39. The molecule has 0 aromatic heterocycles. The van der Waals surface area contributed by atoms with Gasteiger partial charge in [0, 0.05) is 25.9 Å². The molecule has 112 valence electrons. The molecule has 2 N–H and O–H groups in total. The molecule has 5 nitrogen and oxygen atoms in total. The number of hydrogen-bond acceptors (Lipinski definition) is 4. The number of anilines is 1. The van der Waals surface area contributed by atoms with E-state index >= 15 is 0 Å². The molecule has 1 atom stereocenters. The Bertz CT molecular complexity index is 604. The highest BCUT2D eigenvalue weighted by molar-refractivity contribution is 7.89. The molecule has 0 bridgehead atoms. The molecule has 1 unspecified atom stereocenters. The molecule has 0 spiro atoms. The van der Waals surface area contributed by atoms with Crippen LogP contribution in [0.25, 0.3) is 0 Å². The van der Waals surface area contributed by atoms with Crippen LogP contribution in [0.4, 0.5) is 5.69 Å². The van der Waals surface area contributed by atoms with E-state index < -0.39 is 10.0 Å². The molecule has 0 amide bonds. The zero-order valence-corrected chi connectivity index (χ0v) is 13.2. The number of methoxy groups -OCH3 is 1. The third-order valence-electron chi connectivity index (χ3n) is 3.59. The Kier molecular flexibility index (Phi) is 4.59. The molecule has 1 aromatic carbocycles. The summed E-state index contributed by atoms with van der Waals surface area (Å²) in [5.74, 6) is 0.233. The Morgan fingerprint density at radius 3 is 2.85 bits per heavy atom. The summed E-state index contributed by atoms with van der Waals surface area (Å²) in [6, 6.07) is 3.03. The number of ether oxygens (including phenoxy) is 1. The molecule has 0 aliphatic carbocycles. The van der Waals surface area contributed by atoms with Gasteiger partial charge in [-0.05, 0) is 37.0 Å². The van der Waals surface area contributed by atoms with Crippen molar-refractivity contribution in [2.75, 3.05) is 32.5 Å². The largest absolute Gasteiger partial charge is 0.398 e. The molecular formula is C13H19ClN2O3S. The summed E-state index contributed by atoms with van der Waals surface area (Å²) in [5, 5.41) is 0.215. The van der Waals surface area contributed by atoms with Gasteiger partial charge in [-0.15, -0.1) is 0 Å². The van der Waals surface area contributed by atoms with Crippen molar-refractivity contribution in [3.05, 3.63) is 22.7 Å². The van der Waals surface area contributed by atoms with Crippen molar-refractivity contribution in [3.63, 3.8) is 0 Å². The predicted molar refractivity (Wildman–Crippen MR) is 79.3 cm³/mol. The minimum atomic E-state index is -3.59. The first-order chi connectivity index (χ1) is 9.36. The summed E-state index contributed by atoms with van der Waals surface area (Å²) >= 11 is 6.08. The number of sulfonamides is 1. The summed E-state index contributed by atoms with van der Waals surface area (Å²) < 4.78 is 31.8. The van der Waals surface area contributed by atoms with Gasteiger partial charge < -0.3 is 10.5 Å². The average molecular weight is 319 g/mol. The summed E-state index contributed by atoms with van der Waals surface area (Å²) in [7, 11) is -1.97. The molecule has 0 radical (unpaired) electrons.